The Hall–Kier alpha value is -2.89. The number of nitro benzene ring substituents is 1. The lowest BCUT2D eigenvalue weighted by molar-refractivity contribution is -0.385. The molecule has 24 heavy (non-hydrogen) atoms. The number of amides is 1. The van der Waals surface area contributed by atoms with Gasteiger partial charge in [0.15, 0.2) is 12.4 Å². The van der Waals surface area contributed by atoms with E-state index in [1.54, 1.807) is 17.0 Å². The first-order chi connectivity index (χ1) is 11.7. The summed E-state index contributed by atoms with van der Waals surface area (Å²) in [6.45, 7) is 0.479. The minimum Gasteiger partial charge on any atom is -0.477 e. The quantitative estimate of drug-likeness (QED) is 0.624. The van der Waals surface area contributed by atoms with Crippen LogP contribution in [0.15, 0.2) is 54.6 Å². The van der Waals surface area contributed by atoms with E-state index in [4.69, 9.17) is 4.74 Å². The molecular weight excluding hydrogens is 308 g/mol. The van der Waals surface area contributed by atoms with Crippen molar-refractivity contribution in [3.8, 4) is 5.75 Å². The van der Waals surface area contributed by atoms with Gasteiger partial charge in [0.2, 0.25) is 0 Å². The minimum atomic E-state index is -0.511. The first-order valence-electron chi connectivity index (χ1n) is 7.87. The molecule has 3 rings (SSSR count). The van der Waals surface area contributed by atoms with E-state index in [0.717, 1.165) is 18.4 Å². The van der Waals surface area contributed by atoms with Crippen LogP contribution in [-0.4, -0.2) is 28.9 Å². The number of para-hydroxylation sites is 2. The second kappa shape index (κ2) is 7.12. The van der Waals surface area contributed by atoms with Crippen LogP contribution in [-0.2, 0) is 4.79 Å². The third-order valence-corrected chi connectivity index (χ3v) is 4.17. The summed E-state index contributed by atoms with van der Waals surface area (Å²) in [5.41, 5.74) is 0.973. The second-order valence-corrected chi connectivity index (χ2v) is 5.67. The Labute approximate surface area is 139 Å². The van der Waals surface area contributed by atoms with Crippen LogP contribution in [0.1, 0.15) is 24.4 Å². The van der Waals surface area contributed by atoms with Gasteiger partial charge in [-0.3, -0.25) is 14.9 Å². The fraction of sp³-hybridized carbons (Fsp3) is 0.278. The van der Waals surface area contributed by atoms with Gasteiger partial charge in [-0.2, -0.15) is 0 Å². The van der Waals surface area contributed by atoms with Gasteiger partial charge in [-0.05, 0) is 24.5 Å². The number of benzene rings is 2. The van der Waals surface area contributed by atoms with Gasteiger partial charge in [0.1, 0.15) is 0 Å². The highest BCUT2D eigenvalue weighted by atomic mass is 16.6. The Morgan fingerprint density at radius 1 is 1.17 bits per heavy atom. The molecule has 1 saturated heterocycles. The molecule has 0 unspecified atom stereocenters. The van der Waals surface area contributed by atoms with Crippen molar-refractivity contribution in [3.05, 3.63) is 70.3 Å². The lowest BCUT2D eigenvalue weighted by Crippen LogP contribution is -2.34. The minimum absolute atomic E-state index is 0.0491. The van der Waals surface area contributed by atoms with E-state index in [1.807, 2.05) is 30.3 Å². The topological polar surface area (TPSA) is 72.7 Å². The highest BCUT2D eigenvalue weighted by molar-refractivity contribution is 5.78. The van der Waals surface area contributed by atoms with Crippen LogP contribution in [0.2, 0.25) is 0 Å². The molecule has 2 aromatic carbocycles. The SMILES string of the molecule is O=C(COc1ccccc1[N+](=O)[O-])N1CCC[C@H]1c1ccccc1. The van der Waals surface area contributed by atoms with E-state index in [0.29, 0.717) is 6.54 Å². The van der Waals surface area contributed by atoms with Gasteiger partial charge in [0, 0.05) is 12.6 Å². The predicted molar refractivity (Wildman–Crippen MR) is 88.7 cm³/mol. The van der Waals surface area contributed by atoms with Crippen molar-refractivity contribution >= 4 is 11.6 Å². The maximum atomic E-state index is 12.5. The molecule has 0 bridgehead atoms. The lowest BCUT2D eigenvalue weighted by atomic mass is 10.0. The maximum absolute atomic E-state index is 12.5. The number of nitro groups is 1. The summed E-state index contributed by atoms with van der Waals surface area (Å²) in [6.07, 6.45) is 1.86. The van der Waals surface area contributed by atoms with Crippen LogP contribution in [0, 0.1) is 10.1 Å². The zero-order valence-electron chi connectivity index (χ0n) is 13.1. The molecule has 1 atom stereocenters. The number of carbonyl (C=O) groups is 1. The van der Waals surface area contributed by atoms with E-state index >= 15 is 0 Å². The van der Waals surface area contributed by atoms with E-state index in [9.17, 15) is 14.9 Å². The zero-order chi connectivity index (χ0) is 16.9. The van der Waals surface area contributed by atoms with E-state index in [1.165, 1.54) is 12.1 Å². The van der Waals surface area contributed by atoms with E-state index in [2.05, 4.69) is 0 Å². The van der Waals surface area contributed by atoms with Crippen LogP contribution >= 0.6 is 0 Å². The average Bonchev–Trinajstić information content (AvgIpc) is 3.10. The van der Waals surface area contributed by atoms with Crippen LogP contribution in [0.3, 0.4) is 0 Å². The third kappa shape index (κ3) is 3.37. The molecule has 0 aromatic heterocycles. The number of carbonyl (C=O) groups excluding carboxylic acids is 1. The van der Waals surface area contributed by atoms with Crippen molar-refractivity contribution in [2.75, 3.05) is 13.2 Å². The zero-order valence-corrected chi connectivity index (χ0v) is 13.1. The molecule has 1 amide bonds. The molecule has 1 fully saturated rings. The molecule has 0 spiro atoms. The Morgan fingerprint density at radius 3 is 2.62 bits per heavy atom. The molecule has 0 saturated carbocycles. The average molecular weight is 326 g/mol. The van der Waals surface area contributed by atoms with Gasteiger partial charge in [-0.25, -0.2) is 0 Å². The fourth-order valence-corrected chi connectivity index (χ4v) is 3.04. The normalized spacial score (nSPS) is 16.8. The van der Waals surface area contributed by atoms with Crippen molar-refractivity contribution in [1.29, 1.82) is 0 Å². The monoisotopic (exact) mass is 326 g/mol. The van der Waals surface area contributed by atoms with Crippen LogP contribution in [0.25, 0.3) is 0 Å². The van der Waals surface area contributed by atoms with Gasteiger partial charge in [0.25, 0.3) is 5.91 Å². The fourth-order valence-electron chi connectivity index (χ4n) is 3.04. The van der Waals surface area contributed by atoms with Crippen molar-refractivity contribution in [1.82, 2.24) is 4.90 Å². The maximum Gasteiger partial charge on any atom is 0.310 e. The number of hydrogen-bond donors (Lipinski definition) is 0. The first kappa shape index (κ1) is 16.0. The summed E-state index contributed by atoms with van der Waals surface area (Å²) in [5, 5.41) is 11.0. The summed E-state index contributed by atoms with van der Waals surface area (Å²) < 4.78 is 5.42. The van der Waals surface area contributed by atoms with Gasteiger partial charge < -0.3 is 9.64 Å². The summed E-state index contributed by atoms with van der Waals surface area (Å²) in [5.74, 6) is -0.0363. The molecule has 6 nitrogen and oxygen atoms in total. The summed E-state index contributed by atoms with van der Waals surface area (Å²) in [7, 11) is 0. The molecule has 6 heteroatoms. The standard InChI is InChI=1S/C18H18N2O4/c21-18(13-24-17-11-5-4-9-16(17)20(22)23)19-12-6-10-15(19)14-7-2-1-3-8-14/h1-5,7-9,11,15H,6,10,12-13H2/t15-/m0/s1. The number of hydrogen-bond acceptors (Lipinski definition) is 4. The highest BCUT2D eigenvalue weighted by Crippen LogP contribution is 2.32. The molecule has 2 aromatic rings. The molecule has 1 aliphatic rings. The summed E-state index contributed by atoms with van der Waals surface area (Å²) in [6, 6.07) is 16.0. The van der Waals surface area contributed by atoms with Crippen LogP contribution < -0.4 is 4.74 Å². The predicted octanol–water partition coefficient (Wildman–Crippen LogP) is 3.34. The Bertz CT molecular complexity index is 733. The third-order valence-electron chi connectivity index (χ3n) is 4.17. The largest absolute Gasteiger partial charge is 0.477 e. The van der Waals surface area contributed by atoms with E-state index in [-0.39, 0.29) is 30.0 Å². The Balaban J connectivity index is 1.68. The number of likely N-dealkylation sites (tertiary alicyclic amines) is 1. The second-order valence-electron chi connectivity index (χ2n) is 5.67. The molecule has 0 aliphatic carbocycles. The molecule has 0 radical (unpaired) electrons. The highest BCUT2D eigenvalue weighted by Gasteiger charge is 2.30. The van der Waals surface area contributed by atoms with Crippen molar-refractivity contribution in [2.45, 2.75) is 18.9 Å². The summed E-state index contributed by atoms with van der Waals surface area (Å²) in [4.78, 5) is 24.8. The Kier molecular flexibility index (Phi) is 4.74. The molecule has 124 valence electrons. The van der Waals surface area contributed by atoms with Gasteiger partial charge in [-0.15, -0.1) is 0 Å². The van der Waals surface area contributed by atoms with Crippen molar-refractivity contribution in [3.63, 3.8) is 0 Å². The lowest BCUT2D eigenvalue weighted by Gasteiger charge is -2.25. The molecule has 1 heterocycles. The van der Waals surface area contributed by atoms with Crippen molar-refractivity contribution in [2.24, 2.45) is 0 Å². The molecule has 0 N–H and O–H groups in total. The first-order valence-corrected chi connectivity index (χ1v) is 7.87. The van der Waals surface area contributed by atoms with Gasteiger partial charge >= 0.3 is 5.69 Å². The number of rotatable bonds is 5. The molecule has 1 aliphatic heterocycles. The Morgan fingerprint density at radius 2 is 1.88 bits per heavy atom. The smallest absolute Gasteiger partial charge is 0.310 e. The summed E-state index contributed by atoms with van der Waals surface area (Å²) >= 11 is 0. The van der Waals surface area contributed by atoms with Crippen molar-refractivity contribution < 1.29 is 14.5 Å². The number of nitrogens with zero attached hydrogens (tertiary/aromatic N) is 2. The van der Waals surface area contributed by atoms with E-state index < -0.39 is 4.92 Å². The van der Waals surface area contributed by atoms with Gasteiger partial charge in [-0.1, -0.05) is 42.5 Å². The van der Waals surface area contributed by atoms with Gasteiger partial charge in [0.05, 0.1) is 11.0 Å². The van der Waals surface area contributed by atoms with Crippen LogP contribution in [0.4, 0.5) is 5.69 Å². The van der Waals surface area contributed by atoms with Crippen LogP contribution in [0.5, 0.6) is 5.75 Å². The molecular formula is C18H18N2O4. The number of ether oxygens (including phenoxy) is 1.